The normalized spacial score (nSPS) is 21.4. The summed E-state index contributed by atoms with van der Waals surface area (Å²) in [6, 6.07) is -0.586. The van der Waals surface area contributed by atoms with Crippen molar-refractivity contribution >= 4 is 12.1 Å². The van der Waals surface area contributed by atoms with Gasteiger partial charge in [-0.2, -0.15) is 0 Å². The Kier molecular flexibility index (Phi) is 3.41. The lowest BCUT2D eigenvalue weighted by Gasteiger charge is -2.32. The Morgan fingerprint density at radius 2 is 1.82 bits per heavy atom. The van der Waals surface area contributed by atoms with Gasteiger partial charge in [0, 0.05) is 0 Å². The molecule has 1 saturated heterocycles. The molecule has 0 aromatic carbocycles. The van der Waals surface area contributed by atoms with E-state index in [1.807, 2.05) is 20.8 Å². The summed E-state index contributed by atoms with van der Waals surface area (Å²) in [6.45, 7) is 11.0. The fourth-order valence-electron chi connectivity index (χ4n) is 1.71. The largest absolute Gasteiger partial charge is 0.444 e. The van der Waals surface area contributed by atoms with Crippen LogP contribution in [0, 0.1) is 5.41 Å². The molecule has 5 heteroatoms. The van der Waals surface area contributed by atoms with Crippen LogP contribution in [0.1, 0.15) is 41.5 Å². The highest BCUT2D eigenvalue weighted by Crippen LogP contribution is 2.30. The molecule has 1 atom stereocenters. The molecule has 17 heavy (non-hydrogen) atoms. The van der Waals surface area contributed by atoms with Crippen LogP contribution in [0.15, 0.2) is 0 Å². The standard InChI is InChI=1S/C12H21NO4/c1-11(2,3)8-9(14)16-7-13(8)10(15)17-12(4,5)6/h8H,7H2,1-6H3. The molecule has 0 bridgehead atoms. The highest BCUT2D eigenvalue weighted by Gasteiger charge is 2.46. The molecule has 1 heterocycles. The Morgan fingerprint density at radius 3 is 2.24 bits per heavy atom. The molecule has 5 nitrogen and oxygen atoms in total. The Balaban J connectivity index is 2.84. The number of hydrogen-bond acceptors (Lipinski definition) is 4. The van der Waals surface area contributed by atoms with Gasteiger partial charge in [-0.3, -0.25) is 4.90 Å². The number of nitrogens with zero attached hydrogens (tertiary/aromatic N) is 1. The van der Waals surface area contributed by atoms with Crippen molar-refractivity contribution in [1.82, 2.24) is 4.90 Å². The Bertz CT molecular complexity index is 324. The summed E-state index contributed by atoms with van der Waals surface area (Å²) in [6.07, 6.45) is -0.511. The highest BCUT2D eigenvalue weighted by atomic mass is 16.6. The number of cyclic esters (lactones) is 1. The van der Waals surface area contributed by atoms with Gasteiger partial charge in [-0.15, -0.1) is 0 Å². The third kappa shape index (κ3) is 3.35. The van der Waals surface area contributed by atoms with Gasteiger partial charge in [0.15, 0.2) is 6.73 Å². The minimum atomic E-state index is -0.586. The van der Waals surface area contributed by atoms with Gasteiger partial charge in [0.25, 0.3) is 0 Å². The molecule has 1 fully saturated rings. The number of carbonyl (C=O) groups is 2. The van der Waals surface area contributed by atoms with E-state index in [1.54, 1.807) is 20.8 Å². The number of amides is 1. The smallest absolute Gasteiger partial charge is 0.413 e. The van der Waals surface area contributed by atoms with E-state index in [4.69, 9.17) is 9.47 Å². The van der Waals surface area contributed by atoms with E-state index in [0.29, 0.717) is 0 Å². The number of carbonyl (C=O) groups excluding carboxylic acids is 2. The van der Waals surface area contributed by atoms with Crippen molar-refractivity contribution in [2.24, 2.45) is 5.41 Å². The van der Waals surface area contributed by atoms with Crippen molar-refractivity contribution in [1.29, 1.82) is 0 Å². The van der Waals surface area contributed by atoms with Crippen LogP contribution in [0.3, 0.4) is 0 Å². The molecule has 0 N–H and O–H groups in total. The van der Waals surface area contributed by atoms with Crippen molar-refractivity contribution in [2.75, 3.05) is 6.73 Å². The van der Waals surface area contributed by atoms with Gasteiger partial charge in [0.2, 0.25) is 0 Å². The molecule has 1 unspecified atom stereocenters. The third-order valence-corrected chi connectivity index (χ3v) is 2.33. The highest BCUT2D eigenvalue weighted by molar-refractivity contribution is 5.84. The van der Waals surface area contributed by atoms with Crippen LogP contribution in [0.25, 0.3) is 0 Å². The van der Waals surface area contributed by atoms with Crippen LogP contribution in [-0.4, -0.2) is 35.3 Å². The second kappa shape index (κ2) is 4.20. The first-order chi connectivity index (χ1) is 7.52. The molecule has 0 spiro atoms. The number of rotatable bonds is 0. The maximum atomic E-state index is 11.9. The maximum Gasteiger partial charge on any atom is 0.413 e. The fraction of sp³-hybridized carbons (Fsp3) is 0.833. The van der Waals surface area contributed by atoms with E-state index >= 15 is 0 Å². The Hall–Kier alpha value is -1.26. The van der Waals surface area contributed by atoms with Gasteiger partial charge in [0.1, 0.15) is 11.6 Å². The van der Waals surface area contributed by atoms with E-state index in [9.17, 15) is 9.59 Å². The average Bonchev–Trinajstić information content (AvgIpc) is 2.42. The van der Waals surface area contributed by atoms with E-state index < -0.39 is 17.7 Å². The molecule has 1 amide bonds. The topological polar surface area (TPSA) is 55.8 Å². The van der Waals surface area contributed by atoms with Gasteiger partial charge < -0.3 is 9.47 Å². The molecular formula is C12H21NO4. The first-order valence-corrected chi connectivity index (χ1v) is 5.68. The van der Waals surface area contributed by atoms with Gasteiger partial charge in [-0.05, 0) is 26.2 Å². The molecule has 98 valence electrons. The molecule has 0 saturated carbocycles. The monoisotopic (exact) mass is 243 g/mol. The SMILES string of the molecule is CC(C)(C)OC(=O)N1COC(=O)C1C(C)(C)C. The van der Waals surface area contributed by atoms with Gasteiger partial charge in [0.05, 0.1) is 0 Å². The molecule has 0 radical (unpaired) electrons. The zero-order valence-electron chi connectivity index (χ0n) is 11.4. The summed E-state index contributed by atoms with van der Waals surface area (Å²) in [7, 11) is 0. The van der Waals surface area contributed by atoms with E-state index in [2.05, 4.69) is 0 Å². The Morgan fingerprint density at radius 1 is 1.29 bits per heavy atom. The van der Waals surface area contributed by atoms with Gasteiger partial charge in [-0.1, -0.05) is 20.8 Å². The lowest BCUT2D eigenvalue weighted by atomic mass is 9.86. The second-order valence-electron chi connectivity index (χ2n) is 6.31. The summed E-state index contributed by atoms with van der Waals surface area (Å²) in [4.78, 5) is 24.9. The lowest BCUT2D eigenvalue weighted by molar-refractivity contribution is -0.141. The van der Waals surface area contributed by atoms with Gasteiger partial charge >= 0.3 is 12.1 Å². The molecule has 0 aliphatic carbocycles. The van der Waals surface area contributed by atoms with Crippen LogP contribution in [0.5, 0.6) is 0 Å². The minimum Gasteiger partial charge on any atom is -0.444 e. The summed E-state index contributed by atoms with van der Waals surface area (Å²) in [5.41, 5.74) is -0.949. The van der Waals surface area contributed by atoms with Gasteiger partial charge in [-0.25, -0.2) is 9.59 Å². The first-order valence-electron chi connectivity index (χ1n) is 5.68. The summed E-state index contributed by atoms with van der Waals surface area (Å²) < 4.78 is 10.2. The molecular weight excluding hydrogens is 222 g/mol. The maximum absolute atomic E-state index is 11.9. The van der Waals surface area contributed by atoms with Crippen LogP contribution >= 0.6 is 0 Å². The zero-order valence-corrected chi connectivity index (χ0v) is 11.4. The van der Waals surface area contributed by atoms with Crippen LogP contribution in [0.2, 0.25) is 0 Å². The third-order valence-electron chi connectivity index (χ3n) is 2.33. The minimum absolute atomic E-state index is 0.0321. The van der Waals surface area contributed by atoms with E-state index in [0.717, 1.165) is 0 Å². The molecule has 0 aromatic rings. The summed E-state index contributed by atoms with van der Waals surface area (Å²) in [5, 5.41) is 0. The fourth-order valence-corrected chi connectivity index (χ4v) is 1.71. The predicted octanol–water partition coefficient (Wildman–Crippen LogP) is 2.15. The van der Waals surface area contributed by atoms with Crippen molar-refractivity contribution in [3.8, 4) is 0 Å². The second-order valence-corrected chi connectivity index (χ2v) is 6.31. The van der Waals surface area contributed by atoms with Crippen molar-refractivity contribution in [3.63, 3.8) is 0 Å². The first kappa shape index (κ1) is 13.8. The molecule has 1 aliphatic rings. The number of ether oxygens (including phenoxy) is 2. The number of hydrogen-bond donors (Lipinski definition) is 0. The lowest BCUT2D eigenvalue weighted by Crippen LogP contribution is -2.47. The molecule has 1 rings (SSSR count). The average molecular weight is 243 g/mol. The predicted molar refractivity (Wildman–Crippen MR) is 62.3 cm³/mol. The van der Waals surface area contributed by atoms with E-state index in [-0.39, 0.29) is 18.1 Å². The summed E-state index contributed by atoms with van der Waals surface area (Å²) >= 11 is 0. The Labute approximate surface area is 102 Å². The van der Waals surface area contributed by atoms with Crippen LogP contribution < -0.4 is 0 Å². The van der Waals surface area contributed by atoms with Crippen LogP contribution in [-0.2, 0) is 14.3 Å². The van der Waals surface area contributed by atoms with Crippen LogP contribution in [0.4, 0.5) is 4.79 Å². The molecule has 0 aromatic heterocycles. The van der Waals surface area contributed by atoms with Crippen molar-refractivity contribution < 1.29 is 19.1 Å². The quantitative estimate of drug-likeness (QED) is 0.612. The number of esters is 1. The zero-order chi connectivity index (χ0) is 13.4. The van der Waals surface area contributed by atoms with Crippen molar-refractivity contribution in [3.05, 3.63) is 0 Å². The van der Waals surface area contributed by atoms with Crippen molar-refractivity contribution in [2.45, 2.75) is 53.2 Å². The van der Waals surface area contributed by atoms with E-state index in [1.165, 1.54) is 4.90 Å². The molecule has 1 aliphatic heterocycles. The summed E-state index contributed by atoms with van der Waals surface area (Å²) in [5.74, 6) is -0.372.